The van der Waals surface area contributed by atoms with Crippen molar-refractivity contribution in [3.63, 3.8) is 0 Å². The number of hydrogen-bond acceptors (Lipinski definition) is 2. The Morgan fingerprint density at radius 1 is 1.53 bits per heavy atom. The molecule has 0 aromatic rings. The second-order valence-corrected chi connectivity index (χ2v) is 4.23. The number of methoxy groups -OCH3 is 1. The Labute approximate surface area is 92.0 Å². The molecule has 1 saturated heterocycles. The topological polar surface area (TPSA) is 41.6 Å². The maximum Gasteiger partial charge on any atom is 0.318 e. The molecule has 0 bridgehead atoms. The summed E-state index contributed by atoms with van der Waals surface area (Å²) in [5, 5.41) is 3.11. The van der Waals surface area contributed by atoms with E-state index in [4.69, 9.17) is 4.74 Å². The fourth-order valence-electron chi connectivity index (χ4n) is 2.16. The third-order valence-corrected chi connectivity index (χ3v) is 3.12. The van der Waals surface area contributed by atoms with E-state index in [1.807, 2.05) is 4.90 Å². The maximum atomic E-state index is 11.7. The molecule has 0 aromatic heterocycles. The Morgan fingerprint density at radius 3 is 2.80 bits per heavy atom. The smallest absolute Gasteiger partial charge is 0.318 e. The standard InChI is InChI=1S/C11H22N2O2/c1-4-6-11(5-2)9-13(7-8-15-3)10(14)12-11/h4-9H2,1-3H3,(H,12,14). The normalized spacial score (nSPS) is 25.8. The summed E-state index contributed by atoms with van der Waals surface area (Å²) in [4.78, 5) is 13.5. The van der Waals surface area contributed by atoms with E-state index in [9.17, 15) is 4.79 Å². The molecule has 1 unspecified atom stereocenters. The Balaban J connectivity index is 2.55. The first kappa shape index (κ1) is 12.3. The maximum absolute atomic E-state index is 11.7. The van der Waals surface area contributed by atoms with Gasteiger partial charge < -0.3 is 15.0 Å². The van der Waals surface area contributed by atoms with Gasteiger partial charge in [-0.05, 0) is 12.8 Å². The van der Waals surface area contributed by atoms with Crippen molar-refractivity contribution >= 4 is 6.03 Å². The minimum Gasteiger partial charge on any atom is -0.383 e. The third kappa shape index (κ3) is 2.84. The summed E-state index contributed by atoms with van der Waals surface area (Å²) in [6.07, 6.45) is 3.15. The first-order chi connectivity index (χ1) is 7.17. The number of ether oxygens (including phenoxy) is 1. The molecular formula is C11H22N2O2. The lowest BCUT2D eigenvalue weighted by Crippen LogP contribution is -2.42. The van der Waals surface area contributed by atoms with Crippen LogP contribution in [0.25, 0.3) is 0 Å². The third-order valence-electron chi connectivity index (χ3n) is 3.12. The van der Waals surface area contributed by atoms with Crippen LogP contribution >= 0.6 is 0 Å². The average Bonchev–Trinajstić information content (AvgIpc) is 2.54. The molecule has 0 spiro atoms. The van der Waals surface area contributed by atoms with Gasteiger partial charge in [0.15, 0.2) is 0 Å². The van der Waals surface area contributed by atoms with Gasteiger partial charge in [0.05, 0.1) is 12.1 Å². The van der Waals surface area contributed by atoms with Crippen molar-refractivity contribution in [2.75, 3.05) is 26.8 Å². The number of nitrogens with one attached hydrogen (secondary N) is 1. The molecule has 1 N–H and O–H groups in total. The number of rotatable bonds is 6. The lowest BCUT2D eigenvalue weighted by Gasteiger charge is -2.26. The number of urea groups is 1. The molecule has 0 saturated carbocycles. The van der Waals surface area contributed by atoms with Gasteiger partial charge in [0.1, 0.15) is 0 Å². The quantitative estimate of drug-likeness (QED) is 0.729. The van der Waals surface area contributed by atoms with Crippen LogP contribution in [-0.2, 0) is 4.74 Å². The first-order valence-electron chi connectivity index (χ1n) is 5.73. The van der Waals surface area contributed by atoms with Crippen molar-refractivity contribution in [3.8, 4) is 0 Å². The molecule has 1 heterocycles. The molecule has 0 aromatic carbocycles. The van der Waals surface area contributed by atoms with Gasteiger partial charge in [0.2, 0.25) is 0 Å². The average molecular weight is 214 g/mol. The Hall–Kier alpha value is -0.770. The zero-order chi connectivity index (χ0) is 11.3. The summed E-state index contributed by atoms with van der Waals surface area (Å²) in [6, 6.07) is 0.0577. The molecule has 1 aliphatic heterocycles. The molecule has 4 nitrogen and oxygen atoms in total. The van der Waals surface area contributed by atoms with Crippen LogP contribution in [0, 0.1) is 0 Å². The highest BCUT2D eigenvalue weighted by Gasteiger charge is 2.39. The monoisotopic (exact) mass is 214 g/mol. The summed E-state index contributed by atoms with van der Waals surface area (Å²) < 4.78 is 4.99. The molecule has 2 amide bonds. The largest absolute Gasteiger partial charge is 0.383 e. The summed E-state index contributed by atoms with van der Waals surface area (Å²) in [6.45, 7) is 6.41. The van der Waals surface area contributed by atoms with Crippen molar-refractivity contribution in [1.82, 2.24) is 10.2 Å². The van der Waals surface area contributed by atoms with Crippen LogP contribution in [0.5, 0.6) is 0 Å². The van der Waals surface area contributed by atoms with E-state index >= 15 is 0 Å². The molecule has 1 rings (SSSR count). The summed E-state index contributed by atoms with van der Waals surface area (Å²) >= 11 is 0. The van der Waals surface area contributed by atoms with Gasteiger partial charge in [-0.2, -0.15) is 0 Å². The first-order valence-corrected chi connectivity index (χ1v) is 5.73. The minimum absolute atomic E-state index is 0.000422. The minimum atomic E-state index is -0.000422. The molecule has 1 aliphatic rings. The van der Waals surface area contributed by atoms with Crippen molar-refractivity contribution in [2.24, 2.45) is 0 Å². The van der Waals surface area contributed by atoms with Gasteiger partial charge in [0, 0.05) is 20.2 Å². The SMILES string of the molecule is CCCC1(CC)CN(CCOC)C(=O)N1. The van der Waals surface area contributed by atoms with Crippen LogP contribution in [0.1, 0.15) is 33.1 Å². The summed E-state index contributed by atoms with van der Waals surface area (Å²) in [7, 11) is 1.66. The van der Waals surface area contributed by atoms with Crippen molar-refractivity contribution in [3.05, 3.63) is 0 Å². The summed E-state index contributed by atoms with van der Waals surface area (Å²) in [5.74, 6) is 0. The van der Waals surface area contributed by atoms with Crippen LogP contribution < -0.4 is 5.32 Å². The zero-order valence-electron chi connectivity index (χ0n) is 10.0. The molecule has 0 aliphatic carbocycles. The summed E-state index contributed by atoms with van der Waals surface area (Å²) in [5.41, 5.74) is -0.000422. The molecule has 4 heteroatoms. The van der Waals surface area contributed by atoms with Crippen LogP contribution in [0.3, 0.4) is 0 Å². The van der Waals surface area contributed by atoms with Gasteiger partial charge in [-0.3, -0.25) is 0 Å². The molecular weight excluding hydrogens is 192 g/mol. The van der Waals surface area contributed by atoms with Gasteiger partial charge in [-0.1, -0.05) is 20.3 Å². The van der Waals surface area contributed by atoms with E-state index in [0.717, 1.165) is 25.8 Å². The van der Waals surface area contributed by atoms with Crippen molar-refractivity contribution in [2.45, 2.75) is 38.6 Å². The predicted molar refractivity (Wildman–Crippen MR) is 59.9 cm³/mol. The number of carbonyl (C=O) groups is 1. The fourth-order valence-corrected chi connectivity index (χ4v) is 2.16. The van der Waals surface area contributed by atoms with E-state index in [-0.39, 0.29) is 11.6 Å². The Morgan fingerprint density at radius 2 is 2.27 bits per heavy atom. The van der Waals surface area contributed by atoms with Crippen LogP contribution in [-0.4, -0.2) is 43.3 Å². The molecule has 0 radical (unpaired) electrons. The molecule has 88 valence electrons. The molecule has 1 fully saturated rings. The highest BCUT2D eigenvalue weighted by molar-refractivity contribution is 5.77. The van der Waals surface area contributed by atoms with E-state index in [1.165, 1.54) is 0 Å². The lowest BCUT2D eigenvalue weighted by molar-refractivity contribution is 0.158. The van der Waals surface area contributed by atoms with E-state index in [1.54, 1.807) is 7.11 Å². The number of carbonyl (C=O) groups excluding carboxylic acids is 1. The number of amides is 2. The zero-order valence-corrected chi connectivity index (χ0v) is 10.0. The molecule has 15 heavy (non-hydrogen) atoms. The van der Waals surface area contributed by atoms with Gasteiger partial charge >= 0.3 is 6.03 Å². The Bertz CT molecular complexity index is 221. The van der Waals surface area contributed by atoms with Gasteiger partial charge in [0.25, 0.3) is 0 Å². The van der Waals surface area contributed by atoms with Crippen LogP contribution in [0.2, 0.25) is 0 Å². The van der Waals surface area contributed by atoms with Gasteiger partial charge in [-0.25, -0.2) is 4.79 Å². The predicted octanol–water partition coefficient (Wildman–Crippen LogP) is 1.61. The van der Waals surface area contributed by atoms with E-state index < -0.39 is 0 Å². The second-order valence-electron chi connectivity index (χ2n) is 4.23. The van der Waals surface area contributed by atoms with Crippen LogP contribution in [0.15, 0.2) is 0 Å². The van der Waals surface area contributed by atoms with Crippen LogP contribution in [0.4, 0.5) is 4.79 Å². The highest BCUT2D eigenvalue weighted by Crippen LogP contribution is 2.24. The fraction of sp³-hybridized carbons (Fsp3) is 0.909. The number of hydrogen-bond donors (Lipinski definition) is 1. The number of nitrogens with zero attached hydrogens (tertiary/aromatic N) is 1. The van der Waals surface area contributed by atoms with Crippen molar-refractivity contribution in [1.29, 1.82) is 0 Å². The molecule has 1 atom stereocenters. The Kier molecular flexibility index (Phi) is 4.39. The van der Waals surface area contributed by atoms with Gasteiger partial charge in [-0.15, -0.1) is 0 Å². The second kappa shape index (κ2) is 5.35. The van der Waals surface area contributed by atoms with Crippen molar-refractivity contribution < 1.29 is 9.53 Å². The van der Waals surface area contributed by atoms with E-state index in [0.29, 0.717) is 13.2 Å². The highest BCUT2D eigenvalue weighted by atomic mass is 16.5. The van der Waals surface area contributed by atoms with E-state index in [2.05, 4.69) is 19.2 Å². The lowest BCUT2D eigenvalue weighted by atomic mass is 9.92.